The van der Waals surface area contributed by atoms with E-state index in [1.165, 1.54) is 0 Å². The van der Waals surface area contributed by atoms with Gasteiger partial charge in [-0.05, 0) is 19.4 Å². The van der Waals surface area contributed by atoms with E-state index in [1.54, 1.807) is 0 Å². The molecule has 3 atom stereocenters. The lowest BCUT2D eigenvalue weighted by atomic mass is 10.2. The van der Waals surface area contributed by atoms with Crippen molar-refractivity contribution in [3.05, 3.63) is 12.3 Å². The molecular weight excluding hydrogens is 126 g/mol. The van der Waals surface area contributed by atoms with Crippen LogP contribution < -0.4 is 16.8 Å². The van der Waals surface area contributed by atoms with Gasteiger partial charge in [-0.25, -0.2) is 0 Å². The van der Waals surface area contributed by atoms with E-state index in [-0.39, 0.29) is 6.17 Å². The highest BCUT2D eigenvalue weighted by atomic mass is 15.0. The van der Waals surface area contributed by atoms with E-state index in [1.807, 2.05) is 7.05 Å². The quantitative estimate of drug-likeness (QED) is 0.468. The molecule has 0 bridgehead atoms. The molecule has 0 aliphatic heterocycles. The number of nitrogens with two attached hydrogens (primary N) is 2. The van der Waals surface area contributed by atoms with E-state index in [2.05, 4.69) is 11.9 Å². The van der Waals surface area contributed by atoms with Crippen LogP contribution in [0.3, 0.4) is 0 Å². The van der Waals surface area contributed by atoms with Gasteiger partial charge >= 0.3 is 0 Å². The summed E-state index contributed by atoms with van der Waals surface area (Å²) in [7, 11) is 1.86. The smallest absolute Gasteiger partial charge is 0.0579 e. The van der Waals surface area contributed by atoms with Crippen molar-refractivity contribution in [2.75, 3.05) is 7.05 Å². The van der Waals surface area contributed by atoms with Crippen LogP contribution in [0.1, 0.15) is 6.42 Å². The Kier molecular flexibility index (Phi) is 1.97. The third kappa shape index (κ3) is 1.30. The molecule has 0 radical (unpaired) electrons. The van der Waals surface area contributed by atoms with Crippen LogP contribution in [-0.4, -0.2) is 13.2 Å². The molecule has 0 spiro atoms. The highest BCUT2D eigenvalue weighted by Crippen LogP contribution is 2.42. The van der Waals surface area contributed by atoms with Gasteiger partial charge in [-0.1, -0.05) is 6.58 Å². The van der Waals surface area contributed by atoms with Gasteiger partial charge in [0.25, 0.3) is 0 Å². The highest BCUT2D eigenvalue weighted by Gasteiger charge is 2.41. The van der Waals surface area contributed by atoms with Crippen LogP contribution in [0, 0.1) is 11.8 Å². The third-order valence-electron chi connectivity index (χ3n) is 2.11. The summed E-state index contributed by atoms with van der Waals surface area (Å²) in [6.45, 7) is 3.68. The molecule has 58 valence electrons. The SMILES string of the molecule is C=C(N)C1C[C@H]1[C@@H](N)NC. The Bertz CT molecular complexity index is 144. The molecular formula is C7H15N3. The van der Waals surface area contributed by atoms with Crippen LogP contribution >= 0.6 is 0 Å². The molecule has 5 N–H and O–H groups in total. The van der Waals surface area contributed by atoms with E-state index >= 15 is 0 Å². The van der Waals surface area contributed by atoms with Crippen molar-refractivity contribution in [1.29, 1.82) is 0 Å². The number of allylic oxidation sites excluding steroid dienone is 1. The predicted molar refractivity (Wildman–Crippen MR) is 42.0 cm³/mol. The Balaban J connectivity index is 2.31. The number of nitrogens with one attached hydrogen (secondary N) is 1. The first-order chi connectivity index (χ1) is 4.66. The lowest BCUT2D eigenvalue weighted by molar-refractivity contribution is 0.502. The molecule has 1 rings (SSSR count). The molecule has 0 aromatic carbocycles. The van der Waals surface area contributed by atoms with E-state index in [4.69, 9.17) is 11.5 Å². The zero-order valence-corrected chi connectivity index (χ0v) is 6.30. The molecule has 1 saturated carbocycles. The van der Waals surface area contributed by atoms with Crippen molar-refractivity contribution in [1.82, 2.24) is 5.32 Å². The Morgan fingerprint density at radius 2 is 2.40 bits per heavy atom. The van der Waals surface area contributed by atoms with Crippen LogP contribution in [0.25, 0.3) is 0 Å². The number of rotatable bonds is 3. The molecule has 0 heterocycles. The summed E-state index contributed by atoms with van der Waals surface area (Å²) in [5.74, 6) is 0.977. The van der Waals surface area contributed by atoms with Crippen LogP contribution in [0.2, 0.25) is 0 Å². The first-order valence-electron chi connectivity index (χ1n) is 3.54. The summed E-state index contributed by atoms with van der Waals surface area (Å²) in [5.41, 5.74) is 12.0. The predicted octanol–water partition coefficient (Wildman–Crippen LogP) is -0.401. The molecule has 3 nitrogen and oxygen atoms in total. The molecule has 0 aromatic heterocycles. The van der Waals surface area contributed by atoms with Crippen molar-refractivity contribution in [2.45, 2.75) is 12.6 Å². The molecule has 1 fully saturated rings. The van der Waals surface area contributed by atoms with Crippen LogP contribution in [0.4, 0.5) is 0 Å². The van der Waals surface area contributed by atoms with Crippen molar-refractivity contribution in [3.8, 4) is 0 Å². The summed E-state index contributed by atoms with van der Waals surface area (Å²) >= 11 is 0. The molecule has 0 aromatic rings. The molecule has 0 saturated heterocycles. The average Bonchev–Trinajstić information content (AvgIpc) is 2.64. The van der Waals surface area contributed by atoms with E-state index in [9.17, 15) is 0 Å². The van der Waals surface area contributed by atoms with Crippen LogP contribution in [0.5, 0.6) is 0 Å². The summed E-state index contributed by atoms with van der Waals surface area (Å²) in [6.07, 6.45) is 1.18. The standard InChI is InChI=1S/C7H15N3/c1-4(8)5-3-6(5)7(9)10-2/h5-7,10H,1,3,8-9H2,2H3/t5?,6-,7+/m1/s1. The van der Waals surface area contributed by atoms with Gasteiger partial charge in [-0.2, -0.15) is 0 Å². The van der Waals surface area contributed by atoms with Gasteiger partial charge in [0.1, 0.15) is 0 Å². The minimum atomic E-state index is 0.0882. The first-order valence-corrected chi connectivity index (χ1v) is 3.54. The average molecular weight is 141 g/mol. The molecule has 1 aliphatic rings. The van der Waals surface area contributed by atoms with Gasteiger partial charge in [0.05, 0.1) is 6.17 Å². The molecule has 3 heteroatoms. The van der Waals surface area contributed by atoms with Gasteiger partial charge in [0.2, 0.25) is 0 Å². The maximum absolute atomic E-state index is 5.70. The lowest BCUT2D eigenvalue weighted by Crippen LogP contribution is -2.37. The minimum Gasteiger partial charge on any atom is -0.402 e. The summed E-state index contributed by atoms with van der Waals surface area (Å²) in [5, 5.41) is 2.99. The second kappa shape index (κ2) is 2.60. The van der Waals surface area contributed by atoms with Crippen molar-refractivity contribution in [3.63, 3.8) is 0 Å². The minimum absolute atomic E-state index is 0.0882. The zero-order chi connectivity index (χ0) is 7.72. The van der Waals surface area contributed by atoms with E-state index in [0.29, 0.717) is 11.8 Å². The zero-order valence-electron chi connectivity index (χ0n) is 6.30. The van der Waals surface area contributed by atoms with Crippen molar-refractivity contribution >= 4 is 0 Å². The highest BCUT2D eigenvalue weighted by molar-refractivity contribution is 5.09. The van der Waals surface area contributed by atoms with Crippen molar-refractivity contribution < 1.29 is 0 Å². The summed E-state index contributed by atoms with van der Waals surface area (Å²) in [4.78, 5) is 0. The van der Waals surface area contributed by atoms with E-state index in [0.717, 1.165) is 12.1 Å². The second-order valence-corrected chi connectivity index (χ2v) is 2.90. The Hall–Kier alpha value is -0.540. The molecule has 1 aliphatic carbocycles. The topological polar surface area (TPSA) is 64.1 Å². The monoisotopic (exact) mass is 141 g/mol. The lowest BCUT2D eigenvalue weighted by Gasteiger charge is -2.08. The first kappa shape index (κ1) is 7.57. The Labute approximate surface area is 61.5 Å². The fourth-order valence-electron chi connectivity index (χ4n) is 1.25. The van der Waals surface area contributed by atoms with Gasteiger partial charge < -0.3 is 16.8 Å². The molecule has 1 unspecified atom stereocenters. The van der Waals surface area contributed by atoms with Gasteiger partial charge in [0, 0.05) is 11.6 Å². The van der Waals surface area contributed by atoms with Gasteiger partial charge in [-0.15, -0.1) is 0 Å². The maximum Gasteiger partial charge on any atom is 0.0579 e. The Morgan fingerprint density at radius 3 is 2.70 bits per heavy atom. The third-order valence-corrected chi connectivity index (χ3v) is 2.11. The second-order valence-electron chi connectivity index (χ2n) is 2.90. The fraction of sp³-hybridized carbons (Fsp3) is 0.714. The largest absolute Gasteiger partial charge is 0.402 e. The number of hydrogen-bond acceptors (Lipinski definition) is 3. The Morgan fingerprint density at radius 1 is 1.80 bits per heavy atom. The van der Waals surface area contributed by atoms with Gasteiger partial charge in [-0.3, -0.25) is 0 Å². The van der Waals surface area contributed by atoms with Crippen molar-refractivity contribution in [2.24, 2.45) is 23.3 Å². The maximum atomic E-state index is 5.70. The van der Waals surface area contributed by atoms with Gasteiger partial charge in [0.15, 0.2) is 0 Å². The normalized spacial score (nSPS) is 33.4. The summed E-state index contributed by atoms with van der Waals surface area (Å²) < 4.78 is 0. The molecule has 10 heavy (non-hydrogen) atoms. The number of hydrogen-bond donors (Lipinski definition) is 3. The molecule has 0 amide bonds. The van der Waals surface area contributed by atoms with Crippen LogP contribution in [-0.2, 0) is 0 Å². The van der Waals surface area contributed by atoms with Crippen LogP contribution in [0.15, 0.2) is 12.3 Å². The van der Waals surface area contributed by atoms with E-state index < -0.39 is 0 Å². The summed E-state index contributed by atoms with van der Waals surface area (Å²) in [6, 6.07) is 0. The fourth-order valence-corrected chi connectivity index (χ4v) is 1.25.